The first-order valence-corrected chi connectivity index (χ1v) is 13.5. The molecule has 3 nitrogen and oxygen atoms in total. The van der Waals surface area contributed by atoms with Crippen LogP contribution in [0, 0.1) is 0 Å². The van der Waals surface area contributed by atoms with Gasteiger partial charge in [0.1, 0.15) is 0 Å². The van der Waals surface area contributed by atoms with E-state index in [0.717, 1.165) is 22.3 Å². The van der Waals surface area contributed by atoms with Gasteiger partial charge in [-0.15, -0.1) is 0 Å². The van der Waals surface area contributed by atoms with Crippen molar-refractivity contribution in [1.29, 1.82) is 0 Å². The Labute approximate surface area is 138 Å². The van der Waals surface area contributed by atoms with Gasteiger partial charge < -0.3 is 13.0 Å². The van der Waals surface area contributed by atoms with Crippen LogP contribution in [0.3, 0.4) is 0 Å². The topological polar surface area (TPSA) is 27.7 Å². The van der Waals surface area contributed by atoms with E-state index in [0.29, 0.717) is 0 Å². The zero-order valence-corrected chi connectivity index (χ0v) is 15.8. The molecular weight excluding hydrogens is 320 g/mol. The summed E-state index contributed by atoms with van der Waals surface area (Å²) in [5.41, 5.74) is 0. The van der Waals surface area contributed by atoms with E-state index in [-0.39, 0.29) is 0 Å². The van der Waals surface area contributed by atoms with Crippen LogP contribution in [0.2, 0.25) is 26.2 Å². The zero-order chi connectivity index (χ0) is 16.2. The summed E-state index contributed by atoms with van der Waals surface area (Å²) < 4.78 is 19.2. The van der Waals surface area contributed by atoms with E-state index >= 15 is 0 Å². The average molecular weight is 341 g/mol. The lowest BCUT2D eigenvalue weighted by atomic mass is 10.0. The molecule has 0 saturated heterocycles. The Balaban J connectivity index is 2.17. The fourth-order valence-electron chi connectivity index (χ4n) is 3.40. The van der Waals surface area contributed by atoms with Crippen molar-refractivity contribution in [3.05, 3.63) is 48.5 Å². The molecule has 0 bridgehead atoms. The number of fused-ring (bicyclic) bond motifs is 6. The molecule has 0 fully saturated rings. The molecule has 1 aliphatic heterocycles. The maximum Gasteiger partial charge on any atom is 0.384 e. The van der Waals surface area contributed by atoms with Gasteiger partial charge in [0.2, 0.25) is 0 Å². The predicted molar refractivity (Wildman–Crippen MR) is 98.8 cm³/mol. The van der Waals surface area contributed by atoms with Crippen LogP contribution in [-0.2, 0) is 4.12 Å². The van der Waals surface area contributed by atoms with Gasteiger partial charge in [0, 0.05) is 10.8 Å². The number of hydrogen-bond acceptors (Lipinski definition) is 3. The molecule has 3 aromatic rings. The third kappa shape index (κ3) is 2.45. The van der Waals surface area contributed by atoms with Crippen LogP contribution in [0.1, 0.15) is 0 Å². The molecule has 0 radical (unpaired) electrons. The first kappa shape index (κ1) is 14.7. The van der Waals surface area contributed by atoms with Gasteiger partial charge in [-0.3, -0.25) is 0 Å². The summed E-state index contributed by atoms with van der Waals surface area (Å²) >= 11 is 0. The Bertz CT molecular complexity index is 844. The molecule has 0 spiro atoms. The summed E-state index contributed by atoms with van der Waals surface area (Å²) in [6.07, 6.45) is 0. The minimum atomic E-state index is -2.30. The molecule has 0 amide bonds. The maximum atomic E-state index is 6.43. The van der Waals surface area contributed by atoms with Crippen molar-refractivity contribution in [3.63, 3.8) is 0 Å². The zero-order valence-electron chi connectivity index (χ0n) is 13.8. The normalized spacial score (nSPS) is 18.8. The largest absolute Gasteiger partial charge is 0.518 e. The fourth-order valence-corrected chi connectivity index (χ4v) is 9.86. The average Bonchev–Trinajstić information content (AvgIpc) is 2.59. The van der Waals surface area contributed by atoms with E-state index < -0.39 is 17.1 Å². The van der Waals surface area contributed by atoms with Gasteiger partial charge in [0.15, 0.2) is 11.5 Å². The van der Waals surface area contributed by atoms with Gasteiger partial charge in [0.25, 0.3) is 0 Å². The standard InChI is InChI=1S/C18H20O3Si2/c1-22(2)19-17-15-11-7-5-9-13(15)14-10-6-8-12-16(14)18(17)20-23(3,4)21-22/h5-12H,1-4H3. The molecule has 5 heteroatoms. The summed E-state index contributed by atoms with van der Waals surface area (Å²) in [5.74, 6) is 1.68. The predicted octanol–water partition coefficient (Wildman–Crippen LogP) is 5.18. The highest BCUT2D eigenvalue weighted by molar-refractivity contribution is 6.80. The molecule has 1 heterocycles. The maximum absolute atomic E-state index is 6.43. The molecule has 3 aromatic carbocycles. The summed E-state index contributed by atoms with van der Waals surface area (Å²) in [7, 11) is -4.59. The van der Waals surface area contributed by atoms with E-state index in [4.69, 9.17) is 13.0 Å². The van der Waals surface area contributed by atoms with E-state index in [1.165, 1.54) is 10.8 Å². The Morgan fingerprint density at radius 1 is 0.565 bits per heavy atom. The Hall–Kier alpha value is -1.83. The van der Waals surface area contributed by atoms with Gasteiger partial charge in [-0.1, -0.05) is 48.5 Å². The van der Waals surface area contributed by atoms with Crippen LogP contribution in [0.25, 0.3) is 21.5 Å². The van der Waals surface area contributed by atoms with Crippen LogP contribution < -0.4 is 8.85 Å². The molecule has 23 heavy (non-hydrogen) atoms. The van der Waals surface area contributed by atoms with E-state index in [2.05, 4.69) is 62.6 Å². The molecule has 0 saturated carbocycles. The number of hydrogen-bond donors (Lipinski definition) is 0. The highest BCUT2D eigenvalue weighted by Crippen LogP contribution is 2.47. The SMILES string of the molecule is C[Si]1(C)Oc2c(c3ccccc3c3ccccc23)O[Si](C)(C)O1. The van der Waals surface area contributed by atoms with Crippen molar-refractivity contribution in [2.75, 3.05) is 0 Å². The lowest BCUT2D eigenvalue weighted by Crippen LogP contribution is -2.50. The Morgan fingerprint density at radius 3 is 1.30 bits per heavy atom. The number of benzene rings is 3. The molecule has 0 aromatic heterocycles. The lowest BCUT2D eigenvalue weighted by Gasteiger charge is -2.27. The lowest BCUT2D eigenvalue weighted by molar-refractivity contribution is 0.368. The van der Waals surface area contributed by atoms with Crippen LogP contribution in [0.4, 0.5) is 0 Å². The van der Waals surface area contributed by atoms with Crippen LogP contribution >= 0.6 is 0 Å². The quantitative estimate of drug-likeness (QED) is 0.417. The third-order valence-corrected chi connectivity index (χ3v) is 9.35. The minimum Gasteiger partial charge on any atom is -0.518 e. The van der Waals surface area contributed by atoms with Gasteiger partial charge in [-0.05, 0) is 37.0 Å². The second kappa shape index (κ2) is 4.83. The molecule has 1 aliphatic rings. The van der Waals surface area contributed by atoms with E-state index in [1.807, 2.05) is 12.1 Å². The first-order chi connectivity index (χ1) is 10.9. The van der Waals surface area contributed by atoms with Crippen molar-refractivity contribution in [2.45, 2.75) is 26.2 Å². The highest BCUT2D eigenvalue weighted by Gasteiger charge is 2.43. The van der Waals surface area contributed by atoms with Gasteiger partial charge in [0.05, 0.1) is 0 Å². The summed E-state index contributed by atoms with van der Waals surface area (Å²) in [6, 6.07) is 16.7. The number of rotatable bonds is 0. The first-order valence-electron chi connectivity index (χ1n) is 7.88. The summed E-state index contributed by atoms with van der Waals surface area (Å²) in [6.45, 7) is 8.35. The van der Waals surface area contributed by atoms with Crippen LogP contribution in [0.5, 0.6) is 11.5 Å². The second-order valence-electron chi connectivity index (χ2n) is 6.86. The smallest absolute Gasteiger partial charge is 0.384 e. The van der Waals surface area contributed by atoms with E-state index in [1.54, 1.807) is 0 Å². The Kier molecular flexibility index (Phi) is 3.10. The van der Waals surface area contributed by atoms with Crippen molar-refractivity contribution >= 4 is 38.7 Å². The molecule has 0 N–H and O–H groups in total. The van der Waals surface area contributed by atoms with E-state index in [9.17, 15) is 0 Å². The third-order valence-electron chi connectivity index (χ3n) is 4.03. The van der Waals surface area contributed by atoms with Gasteiger partial charge in [-0.25, -0.2) is 0 Å². The molecule has 0 unspecified atom stereocenters. The van der Waals surface area contributed by atoms with Crippen molar-refractivity contribution in [1.82, 2.24) is 0 Å². The van der Waals surface area contributed by atoms with Crippen molar-refractivity contribution in [3.8, 4) is 11.5 Å². The minimum absolute atomic E-state index is 0.842. The summed E-state index contributed by atoms with van der Waals surface area (Å²) in [4.78, 5) is 0. The molecule has 118 valence electrons. The van der Waals surface area contributed by atoms with Crippen LogP contribution in [0.15, 0.2) is 48.5 Å². The highest BCUT2D eigenvalue weighted by atomic mass is 28.5. The van der Waals surface area contributed by atoms with Gasteiger partial charge >= 0.3 is 17.1 Å². The second-order valence-corrected chi connectivity index (χ2v) is 13.7. The molecule has 4 rings (SSSR count). The molecule has 0 aliphatic carbocycles. The molecule has 0 atom stereocenters. The fraction of sp³-hybridized carbons (Fsp3) is 0.222. The summed E-state index contributed by atoms with van der Waals surface area (Å²) in [5, 5.41) is 4.57. The van der Waals surface area contributed by atoms with Crippen LogP contribution in [-0.4, -0.2) is 17.1 Å². The molecular formula is C18H20O3Si2. The van der Waals surface area contributed by atoms with Crippen molar-refractivity contribution < 1.29 is 13.0 Å². The van der Waals surface area contributed by atoms with Crippen molar-refractivity contribution in [2.24, 2.45) is 0 Å². The Morgan fingerprint density at radius 2 is 0.913 bits per heavy atom. The van der Waals surface area contributed by atoms with Gasteiger partial charge in [-0.2, -0.15) is 0 Å². The monoisotopic (exact) mass is 340 g/mol.